The first kappa shape index (κ1) is 14.4. The molecular formula is C9H13BrClNO2S2. The zero-order valence-electron chi connectivity index (χ0n) is 8.58. The zero-order chi connectivity index (χ0) is 12.0. The molecule has 1 heterocycles. The molecule has 1 N–H and O–H groups in total. The maximum absolute atomic E-state index is 11.7. The summed E-state index contributed by atoms with van der Waals surface area (Å²) in [4.78, 5) is 0. The highest BCUT2D eigenvalue weighted by Crippen LogP contribution is 2.25. The van der Waals surface area contributed by atoms with Gasteiger partial charge < -0.3 is 0 Å². The predicted octanol–water partition coefficient (Wildman–Crippen LogP) is 3.25. The molecule has 0 bridgehead atoms. The lowest BCUT2D eigenvalue weighted by Crippen LogP contribution is -2.23. The first-order valence-corrected chi connectivity index (χ1v) is 8.67. The van der Waals surface area contributed by atoms with Gasteiger partial charge in [0.2, 0.25) is 10.0 Å². The van der Waals surface area contributed by atoms with Crippen LogP contribution in [0.3, 0.4) is 0 Å². The average molecular weight is 347 g/mol. The second-order valence-electron chi connectivity index (χ2n) is 3.21. The van der Waals surface area contributed by atoms with Crippen molar-refractivity contribution >= 4 is 48.9 Å². The van der Waals surface area contributed by atoms with Crippen molar-refractivity contribution in [3.63, 3.8) is 0 Å². The van der Waals surface area contributed by atoms with Gasteiger partial charge in [0.05, 0.1) is 4.34 Å². The molecular weight excluding hydrogens is 334 g/mol. The number of alkyl halides is 1. The third-order valence-electron chi connectivity index (χ3n) is 1.92. The number of halogens is 2. The van der Waals surface area contributed by atoms with Gasteiger partial charge in [0, 0.05) is 11.9 Å². The first-order valence-electron chi connectivity index (χ1n) is 4.87. The van der Waals surface area contributed by atoms with Gasteiger partial charge in [-0.2, -0.15) is 0 Å². The second kappa shape index (κ2) is 6.96. The van der Waals surface area contributed by atoms with Crippen LogP contribution < -0.4 is 4.72 Å². The zero-order valence-corrected chi connectivity index (χ0v) is 12.6. The molecule has 0 atom stereocenters. The van der Waals surface area contributed by atoms with E-state index in [9.17, 15) is 8.42 Å². The van der Waals surface area contributed by atoms with Crippen LogP contribution in [0.2, 0.25) is 4.34 Å². The summed E-state index contributed by atoms with van der Waals surface area (Å²) in [5, 5.41) is 0.959. The lowest BCUT2D eigenvalue weighted by atomic mass is 10.3. The summed E-state index contributed by atoms with van der Waals surface area (Å²) >= 11 is 10.1. The Morgan fingerprint density at radius 1 is 1.31 bits per heavy atom. The highest BCUT2D eigenvalue weighted by molar-refractivity contribution is 9.09. The summed E-state index contributed by atoms with van der Waals surface area (Å²) < 4.78 is 26.7. The molecule has 0 aromatic carbocycles. The van der Waals surface area contributed by atoms with E-state index in [1.54, 1.807) is 6.07 Å². The van der Waals surface area contributed by atoms with E-state index in [0.717, 1.165) is 35.9 Å². The molecule has 0 saturated heterocycles. The van der Waals surface area contributed by atoms with Crippen LogP contribution in [0.4, 0.5) is 0 Å². The van der Waals surface area contributed by atoms with Crippen LogP contribution in [0.25, 0.3) is 0 Å². The molecule has 0 saturated carbocycles. The third kappa shape index (κ3) is 4.71. The molecule has 0 unspecified atom stereocenters. The number of hydrogen-bond donors (Lipinski definition) is 1. The van der Waals surface area contributed by atoms with E-state index in [4.69, 9.17) is 11.6 Å². The van der Waals surface area contributed by atoms with Crippen molar-refractivity contribution in [3.8, 4) is 0 Å². The van der Waals surface area contributed by atoms with Crippen LogP contribution in [0, 0.1) is 0 Å². The topological polar surface area (TPSA) is 46.2 Å². The van der Waals surface area contributed by atoms with Gasteiger partial charge in [0.15, 0.2) is 0 Å². The number of thiophene rings is 1. The van der Waals surface area contributed by atoms with Crippen LogP contribution in [0.5, 0.6) is 0 Å². The van der Waals surface area contributed by atoms with E-state index in [1.165, 1.54) is 6.07 Å². The number of sulfonamides is 1. The number of rotatable bonds is 7. The molecule has 7 heteroatoms. The molecule has 0 aliphatic heterocycles. The minimum Gasteiger partial charge on any atom is -0.210 e. The number of nitrogens with one attached hydrogen (secondary N) is 1. The standard InChI is InChI=1S/C9H13BrClNO2S2/c10-6-2-1-3-7-12-16(13,14)9-5-4-8(11)15-9/h4-5,12H,1-3,6-7H2. The molecule has 0 aliphatic rings. The van der Waals surface area contributed by atoms with Crippen LogP contribution >= 0.6 is 38.9 Å². The average Bonchev–Trinajstić information content (AvgIpc) is 2.65. The highest BCUT2D eigenvalue weighted by Gasteiger charge is 2.15. The third-order valence-corrected chi connectivity index (χ3v) is 5.66. The first-order chi connectivity index (χ1) is 7.56. The lowest BCUT2D eigenvalue weighted by molar-refractivity contribution is 0.578. The maximum Gasteiger partial charge on any atom is 0.250 e. The SMILES string of the molecule is O=S(=O)(NCCCCCBr)c1ccc(Cl)s1. The fourth-order valence-electron chi connectivity index (χ4n) is 1.12. The predicted molar refractivity (Wildman–Crippen MR) is 72.2 cm³/mol. The van der Waals surface area contributed by atoms with E-state index in [2.05, 4.69) is 20.7 Å². The Morgan fingerprint density at radius 2 is 2.06 bits per heavy atom. The van der Waals surface area contributed by atoms with Gasteiger partial charge in [-0.05, 0) is 25.0 Å². The van der Waals surface area contributed by atoms with Crippen LogP contribution in [-0.4, -0.2) is 20.3 Å². The molecule has 1 rings (SSSR count). The summed E-state index contributed by atoms with van der Waals surface area (Å²) in [6, 6.07) is 3.11. The van der Waals surface area contributed by atoms with Crippen LogP contribution in [0.1, 0.15) is 19.3 Å². The van der Waals surface area contributed by atoms with Crippen LogP contribution in [0.15, 0.2) is 16.3 Å². The molecule has 0 spiro atoms. The van der Waals surface area contributed by atoms with Crippen molar-refractivity contribution in [2.24, 2.45) is 0 Å². The summed E-state index contributed by atoms with van der Waals surface area (Å²) in [5.74, 6) is 0. The Balaban J connectivity index is 2.41. The van der Waals surface area contributed by atoms with E-state index in [-0.39, 0.29) is 4.21 Å². The van der Waals surface area contributed by atoms with Crippen molar-refractivity contribution in [1.82, 2.24) is 4.72 Å². The Kier molecular flexibility index (Phi) is 6.28. The Labute approximate surface area is 113 Å². The van der Waals surface area contributed by atoms with Crippen molar-refractivity contribution in [3.05, 3.63) is 16.5 Å². The molecule has 1 aromatic rings. The highest BCUT2D eigenvalue weighted by atomic mass is 79.9. The Bertz CT molecular complexity index is 419. The molecule has 0 aliphatic carbocycles. The van der Waals surface area contributed by atoms with E-state index < -0.39 is 10.0 Å². The fourth-order valence-corrected chi connectivity index (χ4v) is 4.11. The molecule has 16 heavy (non-hydrogen) atoms. The van der Waals surface area contributed by atoms with Gasteiger partial charge in [-0.3, -0.25) is 0 Å². The quantitative estimate of drug-likeness (QED) is 0.608. The minimum absolute atomic E-state index is 0.276. The van der Waals surface area contributed by atoms with Crippen LogP contribution in [-0.2, 0) is 10.0 Å². The van der Waals surface area contributed by atoms with Gasteiger partial charge in [-0.1, -0.05) is 34.0 Å². The maximum atomic E-state index is 11.7. The van der Waals surface area contributed by atoms with Crippen molar-refractivity contribution in [2.45, 2.75) is 23.5 Å². The van der Waals surface area contributed by atoms with E-state index in [0.29, 0.717) is 10.9 Å². The molecule has 0 amide bonds. The molecule has 0 radical (unpaired) electrons. The van der Waals surface area contributed by atoms with Gasteiger partial charge >= 0.3 is 0 Å². The normalized spacial score (nSPS) is 11.9. The number of unbranched alkanes of at least 4 members (excludes halogenated alkanes) is 2. The van der Waals surface area contributed by atoms with Gasteiger partial charge in [0.25, 0.3) is 0 Å². The molecule has 0 fully saturated rings. The lowest BCUT2D eigenvalue weighted by Gasteiger charge is -2.03. The largest absolute Gasteiger partial charge is 0.250 e. The van der Waals surface area contributed by atoms with E-state index in [1.807, 2.05) is 0 Å². The summed E-state index contributed by atoms with van der Waals surface area (Å²) in [6.07, 6.45) is 2.93. The number of hydrogen-bond acceptors (Lipinski definition) is 3. The van der Waals surface area contributed by atoms with Crippen molar-refractivity contribution in [1.29, 1.82) is 0 Å². The smallest absolute Gasteiger partial charge is 0.210 e. The Hall–Kier alpha value is 0.380. The molecule has 3 nitrogen and oxygen atoms in total. The summed E-state index contributed by atoms with van der Waals surface area (Å²) in [7, 11) is -3.35. The fraction of sp³-hybridized carbons (Fsp3) is 0.556. The van der Waals surface area contributed by atoms with Gasteiger partial charge in [-0.15, -0.1) is 11.3 Å². The summed E-state index contributed by atoms with van der Waals surface area (Å²) in [5.41, 5.74) is 0. The van der Waals surface area contributed by atoms with Crippen molar-refractivity contribution in [2.75, 3.05) is 11.9 Å². The molecule has 1 aromatic heterocycles. The van der Waals surface area contributed by atoms with Crippen molar-refractivity contribution < 1.29 is 8.42 Å². The van der Waals surface area contributed by atoms with E-state index >= 15 is 0 Å². The Morgan fingerprint density at radius 3 is 2.62 bits per heavy atom. The van der Waals surface area contributed by atoms with Gasteiger partial charge in [-0.25, -0.2) is 13.1 Å². The minimum atomic E-state index is -3.35. The molecule has 92 valence electrons. The monoisotopic (exact) mass is 345 g/mol. The van der Waals surface area contributed by atoms with Gasteiger partial charge in [0.1, 0.15) is 4.21 Å². The second-order valence-corrected chi connectivity index (χ2v) is 7.71. The summed E-state index contributed by atoms with van der Waals surface area (Å²) in [6.45, 7) is 0.477.